The van der Waals surface area contributed by atoms with Crippen molar-refractivity contribution in [2.45, 2.75) is 20.3 Å². The van der Waals surface area contributed by atoms with E-state index in [0.717, 1.165) is 6.42 Å². The van der Waals surface area contributed by atoms with Crippen molar-refractivity contribution < 1.29 is 0 Å². The number of benzene rings is 2. The Labute approximate surface area is 102 Å². The fourth-order valence-electron chi connectivity index (χ4n) is 2.72. The van der Waals surface area contributed by atoms with Gasteiger partial charge in [-0.3, -0.25) is 0 Å². The Kier molecular flexibility index (Phi) is 2.36. The highest BCUT2D eigenvalue weighted by atomic mass is 14.2. The predicted octanol–water partition coefficient (Wildman–Crippen LogP) is 4.96. The largest absolute Gasteiger partial charge is 0.0686 e. The molecule has 0 saturated carbocycles. The number of hydrogen-bond donors (Lipinski definition) is 0. The SMILES string of the molecule is CC1=CC(C)=C(c2cccc3ccccc23)C1. The second kappa shape index (κ2) is 3.89. The Balaban J connectivity index is 2.23. The van der Waals surface area contributed by atoms with Crippen molar-refractivity contribution in [1.29, 1.82) is 0 Å². The number of rotatable bonds is 1. The van der Waals surface area contributed by atoms with Crippen molar-refractivity contribution >= 4 is 16.3 Å². The van der Waals surface area contributed by atoms with Crippen molar-refractivity contribution in [2.75, 3.05) is 0 Å². The van der Waals surface area contributed by atoms with Crippen molar-refractivity contribution in [1.82, 2.24) is 0 Å². The first-order valence-electron chi connectivity index (χ1n) is 6.11. The highest BCUT2D eigenvalue weighted by molar-refractivity contribution is 5.95. The number of hydrogen-bond acceptors (Lipinski definition) is 0. The molecule has 2 aromatic carbocycles. The van der Waals surface area contributed by atoms with Gasteiger partial charge in [-0.05, 0) is 47.8 Å². The fourth-order valence-corrected chi connectivity index (χ4v) is 2.72. The molecule has 0 heteroatoms. The molecule has 84 valence electrons. The maximum Gasteiger partial charge on any atom is -0.00579 e. The van der Waals surface area contributed by atoms with Gasteiger partial charge in [0.1, 0.15) is 0 Å². The van der Waals surface area contributed by atoms with Crippen molar-refractivity contribution in [3.63, 3.8) is 0 Å². The van der Waals surface area contributed by atoms with E-state index in [1.807, 2.05) is 0 Å². The first kappa shape index (κ1) is 10.3. The minimum absolute atomic E-state index is 1.10. The van der Waals surface area contributed by atoms with Gasteiger partial charge in [-0.25, -0.2) is 0 Å². The molecule has 0 spiro atoms. The number of allylic oxidation sites excluding steroid dienone is 4. The Hall–Kier alpha value is -1.82. The lowest BCUT2D eigenvalue weighted by atomic mass is 9.95. The normalized spacial score (nSPS) is 15.5. The summed E-state index contributed by atoms with van der Waals surface area (Å²) in [5.41, 5.74) is 5.76. The minimum Gasteiger partial charge on any atom is -0.0686 e. The van der Waals surface area contributed by atoms with Gasteiger partial charge in [0.2, 0.25) is 0 Å². The van der Waals surface area contributed by atoms with Gasteiger partial charge in [0, 0.05) is 0 Å². The van der Waals surface area contributed by atoms with Crippen LogP contribution in [-0.4, -0.2) is 0 Å². The quantitative estimate of drug-likeness (QED) is 0.637. The van der Waals surface area contributed by atoms with Crippen LogP contribution in [0.5, 0.6) is 0 Å². The van der Waals surface area contributed by atoms with E-state index in [1.54, 1.807) is 0 Å². The summed E-state index contributed by atoms with van der Waals surface area (Å²) < 4.78 is 0. The third-order valence-electron chi connectivity index (χ3n) is 3.51. The van der Waals surface area contributed by atoms with Crippen LogP contribution in [0.4, 0.5) is 0 Å². The zero-order chi connectivity index (χ0) is 11.8. The van der Waals surface area contributed by atoms with Gasteiger partial charge in [-0.15, -0.1) is 0 Å². The molecule has 0 fully saturated rings. The summed E-state index contributed by atoms with van der Waals surface area (Å²) in [6.07, 6.45) is 3.40. The zero-order valence-corrected chi connectivity index (χ0v) is 10.3. The summed E-state index contributed by atoms with van der Waals surface area (Å²) in [4.78, 5) is 0. The molecule has 0 amide bonds. The smallest absolute Gasteiger partial charge is 0.00579 e. The van der Waals surface area contributed by atoms with E-state index in [9.17, 15) is 0 Å². The molecule has 2 aromatic rings. The standard InChI is InChI=1S/C17H16/c1-12-10-13(2)17(11-12)16-9-5-7-14-6-3-4-8-15(14)16/h3-10H,11H2,1-2H3. The molecule has 1 aliphatic carbocycles. The Morgan fingerprint density at radius 1 is 0.882 bits per heavy atom. The molecule has 3 rings (SSSR count). The lowest BCUT2D eigenvalue weighted by Gasteiger charge is -2.09. The molecule has 0 aromatic heterocycles. The van der Waals surface area contributed by atoms with Crippen LogP contribution in [0.1, 0.15) is 25.8 Å². The van der Waals surface area contributed by atoms with E-state index in [2.05, 4.69) is 62.4 Å². The van der Waals surface area contributed by atoms with E-state index in [4.69, 9.17) is 0 Å². The Morgan fingerprint density at radius 2 is 1.65 bits per heavy atom. The fraction of sp³-hybridized carbons (Fsp3) is 0.176. The van der Waals surface area contributed by atoms with Gasteiger partial charge in [-0.2, -0.15) is 0 Å². The van der Waals surface area contributed by atoms with Crippen LogP contribution in [-0.2, 0) is 0 Å². The van der Waals surface area contributed by atoms with Gasteiger partial charge in [-0.1, -0.05) is 54.1 Å². The molecular weight excluding hydrogens is 204 g/mol. The Morgan fingerprint density at radius 3 is 2.41 bits per heavy atom. The van der Waals surface area contributed by atoms with Crippen molar-refractivity contribution in [2.24, 2.45) is 0 Å². The molecule has 0 nitrogen and oxygen atoms in total. The zero-order valence-electron chi connectivity index (χ0n) is 10.3. The molecular formula is C17H16. The summed E-state index contributed by atoms with van der Waals surface area (Å²) in [5, 5.41) is 2.70. The van der Waals surface area contributed by atoms with Gasteiger partial charge in [0.05, 0.1) is 0 Å². The first-order valence-corrected chi connectivity index (χ1v) is 6.11. The van der Waals surface area contributed by atoms with E-state index in [1.165, 1.54) is 33.1 Å². The molecule has 0 N–H and O–H groups in total. The molecule has 17 heavy (non-hydrogen) atoms. The lowest BCUT2D eigenvalue weighted by Crippen LogP contribution is -1.86. The second-order valence-electron chi connectivity index (χ2n) is 4.86. The molecule has 0 unspecified atom stereocenters. The van der Waals surface area contributed by atoms with Crippen LogP contribution in [0.3, 0.4) is 0 Å². The van der Waals surface area contributed by atoms with E-state index < -0.39 is 0 Å². The van der Waals surface area contributed by atoms with Crippen LogP contribution in [0, 0.1) is 0 Å². The van der Waals surface area contributed by atoms with Crippen molar-refractivity contribution in [3.8, 4) is 0 Å². The average Bonchev–Trinajstić information content (AvgIpc) is 2.68. The van der Waals surface area contributed by atoms with E-state index in [0.29, 0.717) is 0 Å². The van der Waals surface area contributed by atoms with Crippen LogP contribution in [0.25, 0.3) is 16.3 Å². The van der Waals surface area contributed by atoms with Crippen molar-refractivity contribution in [3.05, 3.63) is 65.3 Å². The molecule has 0 heterocycles. The van der Waals surface area contributed by atoms with Crippen LogP contribution in [0.2, 0.25) is 0 Å². The number of fused-ring (bicyclic) bond motifs is 1. The average molecular weight is 220 g/mol. The topological polar surface area (TPSA) is 0 Å². The third-order valence-corrected chi connectivity index (χ3v) is 3.51. The summed E-state index contributed by atoms with van der Waals surface area (Å²) in [7, 11) is 0. The summed E-state index contributed by atoms with van der Waals surface area (Å²) in [6, 6.07) is 15.2. The molecule has 0 radical (unpaired) electrons. The van der Waals surface area contributed by atoms with Gasteiger partial charge < -0.3 is 0 Å². The monoisotopic (exact) mass is 220 g/mol. The van der Waals surface area contributed by atoms with Crippen LogP contribution < -0.4 is 0 Å². The highest BCUT2D eigenvalue weighted by Crippen LogP contribution is 2.36. The summed E-state index contributed by atoms with van der Waals surface area (Å²) in [5.74, 6) is 0. The molecule has 0 atom stereocenters. The molecule has 1 aliphatic rings. The highest BCUT2D eigenvalue weighted by Gasteiger charge is 2.13. The van der Waals surface area contributed by atoms with Gasteiger partial charge in [0.25, 0.3) is 0 Å². The van der Waals surface area contributed by atoms with E-state index >= 15 is 0 Å². The van der Waals surface area contributed by atoms with Crippen LogP contribution >= 0.6 is 0 Å². The van der Waals surface area contributed by atoms with Gasteiger partial charge in [0.15, 0.2) is 0 Å². The second-order valence-corrected chi connectivity index (χ2v) is 4.86. The molecule has 0 saturated heterocycles. The maximum atomic E-state index is 2.30. The summed E-state index contributed by atoms with van der Waals surface area (Å²) >= 11 is 0. The molecule has 0 bridgehead atoms. The minimum atomic E-state index is 1.10. The third kappa shape index (κ3) is 1.70. The Bertz CT molecular complexity index is 637. The van der Waals surface area contributed by atoms with Gasteiger partial charge >= 0.3 is 0 Å². The molecule has 0 aliphatic heterocycles. The maximum absolute atomic E-state index is 2.30. The predicted molar refractivity (Wildman–Crippen MR) is 74.9 cm³/mol. The lowest BCUT2D eigenvalue weighted by molar-refractivity contribution is 1.27. The van der Waals surface area contributed by atoms with E-state index in [-0.39, 0.29) is 0 Å². The van der Waals surface area contributed by atoms with Crippen LogP contribution in [0.15, 0.2) is 59.7 Å². The first-order chi connectivity index (χ1) is 8.25. The summed E-state index contributed by atoms with van der Waals surface area (Å²) in [6.45, 7) is 4.43.